The largest absolute Gasteiger partial charge is 0.272 e. The second-order valence-corrected chi connectivity index (χ2v) is 5.86. The molecule has 0 radical (unpaired) electrons. The van der Waals surface area contributed by atoms with Crippen molar-refractivity contribution in [3.8, 4) is 0 Å². The Morgan fingerprint density at radius 2 is 1.86 bits per heavy atom. The van der Waals surface area contributed by atoms with Crippen molar-refractivity contribution in [2.75, 3.05) is 0 Å². The Hall–Kier alpha value is -1.65. The van der Waals surface area contributed by atoms with Crippen molar-refractivity contribution in [1.29, 1.82) is 0 Å². The molecule has 4 nitrogen and oxygen atoms in total. The molecule has 1 unspecified atom stereocenters. The number of rotatable bonds is 6. The van der Waals surface area contributed by atoms with Gasteiger partial charge in [-0.3, -0.25) is 16.0 Å². The minimum absolute atomic E-state index is 0.284. The molecule has 2 aromatic rings. The predicted molar refractivity (Wildman–Crippen MR) is 87.0 cm³/mol. The van der Waals surface area contributed by atoms with Gasteiger partial charge in [0, 0.05) is 18.8 Å². The van der Waals surface area contributed by atoms with Gasteiger partial charge in [-0.05, 0) is 51.2 Å². The third kappa shape index (κ3) is 3.93. The van der Waals surface area contributed by atoms with Crippen molar-refractivity contribution < 1.29 is 0 Å². The smallest absolute Gasteiger partial charge is 0.0628 e. The van der Waals surface area contributed by atoms with E-state index in [9.17, 15) is 0 Å². The molecule has 4 heteroatoms. The number of nitrogens with zero attached hydrogens (tertiary/aromatic N) is 2. The minimum Gasteiger partial charge on any atom is -0.272 e. The first-order valence-electron chi connectivity index (χ1n) is 7.52. The molecule has 2 rings (SSSR count). The predicted octanol–water partition coefficient (Wildman–Crippen LogP) is 2.35. The number of benzene rings is 1. The van der Waals surface area contributed by atoms with E-state index in [0.717, 1.165) is 25.0 Å². The zero-order chi connectivity index (χ0) is 15.4. The molecule has 1 aromatic heterocycles. The molecule has 0 spiro atoms. The Morgan fingerprint density at radius 1 is 1.19 bits per heavy atom. The van der Waals surface area contributed by atoms with Gasteiger partial charge in [-0.2, -0.15) is 5.10 Å². The molecule has 0 aliphatic rings. The lowest BCUT2D eigenvalue weighted by Crippen LogP contribution is -2.37. The van der Waals surface area contributed by atoms with Crippen molar-refractivity contribution in [2.24, 2.45) is 12.9 Å². The molecule has 3 N–H and O–H groups in total. The quantitative estimate of drug-likeness (QED) is 0.633. The highest BCUT2D eigenvalue weighted by molar-refractivity contribution is 5.25. The topological polar surface area (TPSA) is 55.9 Å². The first-order valence-corrected chi connectivity index (χ1v) is 7.52. The van der Waals surface area contributed by atoms with Crippen LogP contribution in [0.2, 0.25) is 0 Å². The number of hydrazine groups is 1. The molecule has 1 heterocycles. The summed E-state index contributed by atoms with van der Waals surface area (Å²) < 4.78 is 1.95. The Bertz CT molecular complexity index is 584. The molecule has 0 saturated carbocycles. The molecule has 0 aliphatic heterocycles. The molecule has 0 bridgehead atoms. The lowest BCUT2D eigenvalue weighted by Gasteiger charge is -2.16. The maximum atomic E-state index is 5.73. The van der Waals surface area contributed by atoms with Crippen LogP contribution in [0.4, 0.5) is 0 Å². The van der Waals surface area contributed by atoms with Gasteiger partial charge in [-0.25, -0.2) is 0 Å². The van der Waals surface area contributed by atoms with E-state index in [4.69, 9.17) is 5.84 Å². The van der Waals surface area contributed by atoms with Crippen LogP contribution in [0.3, 0.4) is 0 Å². The van der Waals surface area contributed by atoms with Gasteiger partial charge in [0.15, 0.2) is 0 Å². The molecular weight excluding hydrogens is 260 g/mol. The normalized spacial score (nSPS) is 12.6. The number of nitrogens with two attached hydrogens (primary N) is 1. The summed E-state index contributed by atoms with van der Waals surface area (Å²) in [6.45, 7) is 6.31. The van der Waals surface area contributed by atoms with Crippen molar-refractivity contribution in [1.82, 2.24) is 15.2 Å². The van der Waals surface area contributed by atoms with Gasteiger partial charge in [0.2, 0.25) is 0 Å². The molecule has 0 fully saturated rings. The zero-order valence-corrected chi connectivity index (χ0v) is 13.5. The standard InChI is InChI=1S/C17H26N4/c1-12-5-7-15(8-6-12)11-16(19-18)9-10-17-13(2)20-21(4)14(17)3/h5-8,16,19H,9-11,18H2,1-4H3. The first-order chi connectivity index (χ1) is 10.0. The number of aryl methyl sites for hydroxylation is 3. The third-order valence-corrected chi connectivity index (χ3v) is 4.24. The van der Waals surface area contributed by atoms with Crippen LogP contribution in [0.5, 0.6) is 0 Å². The Kier molecular flexibility index (Phi) is 5.15. The fourth-order valence-corrected chi connectivity index (χ4v) is 2.75. The van der Waals surface area contributed by atoms with Crippen LogP contribution in [0, 0.1) is 20.8 Å². The van der Waals surface area contributed by atoms with Gasteiger partial charge >= 0.3 is 0 Å². The average Bonchev–Trinajstić information content (AvgIpc) is 2.71. The number of nitrogens with one attached hydrogen (secondary N) is 1. The van der Waals surface area contributed by atoms with Crippen LogP contribution in [0.1, 0.15) is 34.5 Å². The fraction of sp³-hybridized carbons (Fsp3) is 0.471. The Labute approximate surface area is 127 Å². The van der Waals surface area contributed by atoms with Gasteiger partial charge in [0.1, 0.15) is 0 Å². The maximum absolute atomic E-state index is 5.73. The lowest BCUT2D eigenvalue weighted by atomic mass is 9.98. The van der Waals surface area contributed by atoms with Crippen LogP contribution in [-0.4, -0.2) is 15.8 Å². The average molecular weight is 286 g/mol. The van der Waals surface area contributed by atoms with Crippen molar-refractivity contribution in [2.45, 2.75) is 46.1 Å². The molecule has 0 saturated heterocycles. The van der Waals surface area contributed by atoms with E-state index >= 15 is 0 Å². The van der Waals surface area contributed by atoms with Gasteiger partial charge < -0.3 is 0 Å². The maximum Gasteiger partial charge on any atom is 0.0628 e. The van der Waals surface area contributed by atoms with E-state index in [0.29, 0.717) is 0 Å². The Morgan fingerprint density at radius 3 is 2.38 bits per heavy atom. The van der Waals surface area contributed by atoms with Crippen molar-refractivity contribution in [3.05, 3.63) is 52.3 Å². The van der Waals surface area contributed by atoms with Crippen molar-refractivity contribution >= 4 is 0 Å². The summed E-state index contributed by atoms with van der Waals surface area (Å²) in [6.07, 6.45) is 2.97. The van der Waals surface area contributed by atoms with Crippen LogP contribution >= 0.6 is 0 Å². The van der Waals surface area contributed by atoms with Crippen LogP contribution < -0.4 is 11.3 Å². The highest BCUT2D eigenvalue weighted by Gasteiger charge is 2.13. The summed E-state index contributed by atoms with van der Waals surface area (Å²) in [4.78, 5) is 0. The minimum atomic E-state index is 0.284. The SMILES string of the molecule is Cc1ccc(CC(CCc2c(C)nn(C)c2C)NN)cc1. The third-order valence-electron chi connectivity index (χ3n) is 4.24. The lowest BCUT2D eigenvalue weighted by molar-refractivity contribution is 0.490. The van der Waals surface area contributed by atoms with Gasteiger partial charge in [0.25, 0.3) is 0 Å². The molecular formula is C17H26N4. The van der Waals surface area contributed by atoms with Crippen LogP contribution in [-0.2, 0) is 19.9 Å². The number of aromatic nitrogens is 2. The molecule has 1 atom stereocenters. The molecule has 21 heavy (non-hydrogen) atoms. The summed E-state index contributed by atoms with van der Waals surface area (Å²) in [7, 11) is 2.00. The van der Waals surface area contributed by atoms with Gasteiger partial charge in [0.05, 0.1) is 5.69 Å². The van der Waals surface area contributed by atoms with Crippen molar-refractivity contribution in [3.63, 3.8) is 0 Å². The first kappa shape index (κ1) is 15.7. The van der Waals surface area contributed by atoms with E-state index < -0.39 is 0 Å². The summed E-state index contributed by atoms with van der Waals surface area (Å²) in [5.74, 6) is 5.73. The molecule has 114 valence electrons. The molecule has 0 amide bonds. The number of hydrogen-bond donors (Lipinski definition) is 2. The summed E-state index contributed by atoms with van der Waals surface area (Å²) >= 11 is 0. The molecule has 1 aromatic carbocycles. The zero-order valence-electron chi connectivity index (χ0n) is 13.5. The highest BCUT2D eigenvalue weighted by atomic mass is 15.3. The molecule has 0 aliphatic carbocycles. The van der Waals surface area contributed by atoms with E-state index in [2.05, 4.69) is 55.6 Å². The van der Waals surface area contributed by atoms with E-state index in [1.165, 1.54) is 22.4 Å². The van der Waals surface area contributed by atoms with Crippen LogP contribution in [0.15, 0.2) is 24.3 Å². The van der Waals surface area contributed by atoms with Gasteiger partial charge in [-0.1, -0.05) is 29.8 Å². The second-order valence-electron chi connectivity index (χ2n) is 5.86. The monoisotopic (exact) mass is 286 g/mol. The second kappa shape index (κ2) is 6.87. The summed E-state index contributed by atoms with van der Waals surface area (Å²) in [5, 5.41) is 4.47. The van der Waals surface area contributed by atoms with Crippen LogP contribution in [0.25, 0.3) is 0 Å². The summed E-state index contributed by atoms with van der Waals surface area (Å²) in [5.41, 5.74) is 9.29. The van der Waals surface area contributed by atoms with E-state index in [1.807, 2.05) is 11.7 Å². The number of hydrogen-bond acceptors (Lipinski definition) is 3. The van der Waals surface area contributed by atoms with E-state index in [-0.39, 0.29) is 6.04 Å². The van der Waals surface area contributed by atoms with Gasteiger partial charge in [-0.15, -0.1) is 0 Å². The van der Waals surface area contributed by atoms with E-state index in [1.54, 1.807) is 0 Å². The highest BCUT2D eigenvalue weighted by Crippen LogP contribution is 2.16. The Balaban J connectivity index is 1.98. The fourth-order valence-electron chi connectivity index (χ4n) is 2.75. The summed E-state index contributed by atoms with van der Waals surface area (Å²) in [6, 6.07) is 8.95.